The number of hydrogen-bond donors (Lipinski definition) is 3. The largest absolute Gasteiger partial charge is 0.496 e. The standard InChI is InChI=1S/C15H15N5O3/c1-23-13-7-10(6-9-4-2-3-5-11(9)13)15(17)18-8-12(20(21)22)14(16)19-15/h2-8,18H,17H2,1H3,(H2,16,19). The second-order valence-electron chi connectivity index (χ2n) is 5.09. The van der Waals surface area contributed by atoms with Crippen molar-refractivity contribution in [2.75, 3.05) is 7.11 Å². The molecule has 2 aromatic carbocycles. The maximum absolute atomic E-state index is 10.9. The molecule has 8 heteroatoms. The molecule has 0 bridgehead atoms. The van der Waals surface area contributed by atoms with Gasteiger partial charge >= 0.3 is 5.70 Å². The quantitative estimate of drug-likeness (QED) is 0.572. The van der Waals surface area contributed by atoms with Crippen molar-refractivity contribution in [3.63, 3.8) is 0 Å². The molecule has 0 spiro atoms. The van der Waals surface area contributed by atoms with Gasteiger partial charge in [-0.2, -0.15) is 0 Å². The molecule has 2 aromatic rings. The minimum atomic E-state index is -1.40. The Morgan fingerprint density at radius 2 is 2.09 bits per heavy atom. The Kier molecular flexibility index (Phi) is 3.38. The third-order valence-corrected chi connectivity index (χ3v) is 3.67. The van der Waals surface area contributed by atoms with Crippen LogP contribution in [0.4, 0.5) is 0 Å². The van der Waals surface area contributed by atoms with Crippen molar-refractivity contribution >= 4 is 16.6 Å². The van der Waals surface area contributed by atoms with Crippen LogP contribution in [0.2, 0.25) is 0 Å². The molecule has 0 saturated heterocycles. The number of benzene rings is 2. The molecule has 1 aliphatic rings. The van der Waals surface area contributed by atoms with Gasteiger partial charge in [-0.25, -0.2) is 4.99 Å². The Bertz CT molecular complexity index is 861. The van der Waals surface area contributed by atoms with Crippen LogP contribution in [-0.2, 0) is 5.79 Å². The van der Waals surface area contributed by atoms with Crippen molar-refractivity contribution in [3.8, 4) is 5.75 Å². The average Bonchev–Trinajstić information content (AvgIpc) is 2.53. The van der Waals surface area contributed by atoms with Crippen molar-refractivity contribution in [2.45, 2.75) is 5.79 Å². The normalized spacial score (nSPS) is 20.4. The highest BCUT2D eigenvalue weighted by Crippen LogP contribution is 2.32. The Labute approximate surface area is 131 Å². The van der Waals surface area contributed by atoms with E-state index in [0.717, 1.165) is 17.0 Å². The maximum atomic E-state index is 10.9. The van der Waals surface area contributed by atoms with E-state index < -0.39 is 10.7 Å². The van der Waals surface area contributed by atoms with Crippen molar-refractivity contribution < 1.29 is 9.66 Å². The van der Waals surface area contributed by atoms with Gasteiger partial charge in [-0.05, 0) is 17.5 Å². The number of nitrogens with one attached hydrogen (secondary N) is 1. The number of amidine groups is 1. The lowest BCUT2D eigenvalue weighted by Gasteiger charge is -2.29. The predicted octanol–water partition coefficient (Wildman–Crippen LogP) is 0.996. The molecule has 1 heterocycles. The number of nitrogens with zero attached hydrogens (tertiary/aromatic N) is 2. The number of ether oxygens (including phenoxy) is 1. The van der Waals surface area contributed by atoms with Gasteiger partial charge in [-0.3, -0.25) is 15.8 Å². The fourth-order valence-corrected chi connectivity index (χ4v) is 2.49. The zero-order chi connectivity index (χ0) is 16.6. The summed E-state index contributed by atoms with van der Waals surface area (Å²) in [6, 6.07) is 11.2. The van der Waals surface area contributed by atoms with E-state index in [1.165, 1.54) is 0 Å². The van der Waals surface area contributed by atoms with E-state index >= 15 is 0 Å². The molecule has 0 fully saturated rings. The van der Waals surface area contributed by atoms with Crippen molar-refractivity contribution in [2.24, 2.45) is 16.5 Å². The van der Waals surface area contributed by atoms with Crippen LogP contribution in [0.5, 0.6) is 5.75 Å². The summed E-state index contributed by atoms with van der Waals surface area (Å²) in [6.07, 6.45) is 1.16. The first-order valence-electron chi connectivity index (χ1n) is 6.79. The molecule has 1 atom stereocenters. The molecule has 0 radical (unpaired) electrons. The van der Waals surface area contributed by atoms with Crippen molar-refractivity contribution in [1.29, 1.82) is 0 Å². The monoisotopic (exact) mass is 313 g/mol. The lowest BCUT2D eigenvalue weighted by molar-refractivity contribution is -0.416. The summed E-state index contributed by atoms with van der Waals surface area (Å²) in [5.74, 6) is -1.01. The lowest BCUT2D eigenvalue weighted by atomic mass is 10.0. The van der Waals surface area contributed by atoms with Crippen LogP contribution in [0.15, 0.2) is 53.3 Å². The highest BCUT2D eigenvalue weighted by molar-refractivity contribution is 5.96. The Morgan fingerprint density at radius 3 is 2.74 bits per heavy atom. The van der Waals surface area contributed by atoms with Crippen molar-refractivity contribution in [1.82, 2.24) is 5.32 Å². The molecule has 23 heavy (non-hydrogen) atoms. The zero-order valence-corrected chi connectivity index (χ0v) is 12.3. The van der Waals surface area contributed by atoms with Crippen molar-refractivity contribution in [3.05, 3.63) is 64.0 Å². The van der Waals surface area contributed by atoms with Gasteiger partial charge in [-0.15, -0.1) is 0 Å². The number of fused-ring (bicyclic) bond motifs is 1. The molecule has 118 valence electrons. The first-order valence-corrected chi connectivity index (χ1v) is 6.79. The summed E-state index contributed by atoms with van der Waals surface area (Å²) in [6.45, 7) is 0. The van der Waals surface area contributed by atoms with E-state index in [2.05, 4.69) is 10.3 Å². The highest BCUT2D eigenvalue weighted by atomic mass is 16.6. The maximum Gasteiger partial charge on any atom is 0.326 e. The third kappa shape index (κ3) is 2.44. The molecule has 3 rings (SSSR count). The smallest absolute Gasteiger partial charge is 0.326 e. The number of aliphatic imine (C=N–C) groups is 1. The molecule has 0 amide bonds. The van der Waals surface area contributed by atoms with Gasteiger partial charge in [-0.1, -0.05) is 24.3 Å². The van der Waals surface area contributed by atoms with Crippen LogP contribution in [0.1, 0.15) is 5.56 Å². The molecular formula is C15H15N5O3. The van der Waals surface area contributed by atoms with E-state index in [0.29, 0.717) is 11.3 Å². The van der Waals surface area contributed by atoms with E-state index in [1.54, 1.807) is 13.2 Å². The number of nitro groups is 1. The molecule has 1 unspecified atom stereocenters. The first kappa shape index (κ1) is 14.8. The second kappa shape index (κ2) is 5.25. The second-order valence-corrected chi connectivity index (χ2v) is 5.09. The molecule has 8 nitrogen and oxygen atoms in total. The zero-order valence-electron chi connectivity index (χ0n) is 12.3. The summed E-state index contributed by atoms with van der Waals surface area (Å²) < 4.78 is 5.40. The van der Waals surface area contributed by atoms with Crippen LogP contribution in [-0.4, -0.2) is 17.9 Å². The minimum Gasteiger partial charge on any atom is -0.496 e. The van der Waals surface area contributed by atoms with Gasteiger partial charge in [0.2, 0.25) is 11.6 Å². The SMILES string of the molecule is COc1cc(C2(N)N=C(N)C([N+](=O)[O-])=CN2)cc2ccccc12. The fraction of sp³-hybridized carbons (Fsp3) is 0.133. The van der Waals surface area contributed by atoms with Gasteiger partial charge in [0.15, 0.2) is 0 Å². The van der Waals surface area contributed by atoms with Crippen LogP contribution >= 0.6 is 0 Å². The van der Waals surface area contributed by atoms with Gasteiger partial charge in [0.25, 0.3) is 0 Å². The fourth-order valence-electron chi connectivity index (χ4n) is 2.49. The van der Waals surface area contributed by atoms with E-state index in [-0.39, 0.29) is 11.5 Å². The molecular weight excluding hydrogens is 298 g/mol. The number of nitrogens with two attached hydrogens (primary N) is 2. The lowest BCUT2D eigenvalue weighted by Crippen LogP contribution is -2.51. The van der Waals surface area contributed by atoms with Crippen LogP contribution in [0, 0.1) is 10.1 Å². The van der Waals surface area contributed by atoms with E-state index in [1.807, 2.05) is 30.3 Å². The Morgan fingerprint density at radius 1 is 1.35 bits per heavy atom. The summed E-state index contributed by atoms with van der Waals surface area (Å²) >= 11 is 0. The molecule has 0 aliphatic carbocycles. The number of methoxy groups -OCH3 is 1. The summed E-state index contributed by atoms with van der Waals surface area (Å²) in [5.41, 5.74) is 12.2. The number of rotatable bonds is 3. The van der Waals surface area contributed by atoms with Gasteiger partial charge in [0, 0.05) is 10.9 Å². The highest BCUT2D eigenvalue weighted by Gasteiger charge is 2.34. The van der Waals surface area contributed by atoms with Crippen LogP contribution in [0.3, 0.4) is 0 Å². The third-order valence-electron chi connectivity index (χ3n) is 3.67. The van der Waals surface area contributed by atoms with Gasteiger partial charge in [0.1, 0.15) is 5.75 Å². The topological polar surface area (TPSA) is 129 Å². The molecule has 0 saturated carbocycles. The predicted molar refractivity (Wildman–Crippen MR) is 86.2 cm³/mol. The minimum absolute atomic E-state index is 0.233. The average molecular weight is 313 g/mol. The first-order chi connectivity index (χ1) is 10.9. The molecule has 5 N–H and O–H groups in total. The summed E-state index contributed by atoms with van der Waals surface area (Å²) in [4.78, 5) is 14.3. The van der Waals surface area contributed by atoms with Crippen LogP contribution in [0.25, 0.3) is 10.8 Å². The molecule has 1 aliphatic heterocycles. The summed E-state index contributed by atoms with van der Waals surface area (Å²) in [5, 5.41) is 15.4. The Balaban J connectivity index is 2.12. The Hall–Kier alpha value is -3.13. The van der Waals surface area contributed by atoms with Crippen LogP contribution < -0.4 is 21.5 Å². The molecule has 0 aromatic heterocycles. The van der Waals surface area contributed by atoms with E-state index in [4.69, 9.17) is 16.2 Å². The number of hydrogen-bond acceptors (Lipinski definition) is 7. The van der Waals surface area contributed by atoms with Gasteiger partial charge < -0.3 is 15.8 Å². The van der Waals surface area contributed by atoms with Gasteiger partial charge in [0.05, 0.1) is 18.2 Å². The summed E-state index contributed by atoms with van der Waals surface area (Å²) in [7, 11) is 1.56. The van der Waals surface area contributed by atoms with E-state index in [9.17, 15) is 10.1 Å².